The van der Waals surface area contributed by atoms with Gasteiger partial charge in [0, 0.05) is 41.8 Å². The van der Waals surface area contributed by atoms with Gasteiger partial charge in [-0.25, -0.2) is 0 Å². The lowest BCUT2D eigenvalue weighted by atomic mass is 9.76. The largest absolute Gasteiger partial charge is 0.493 e. The number of para-hydroxylation sites is 1. The molecule has 0 spiro atoms. The van der Waals surface area contributed by atoms with E-state index in [9.17, 15) is 9.59 Å². The fourth-order valence-electron chi connectivity index (χ4n) is 4.23. The molecule has 1 amide bonds. The molecule has 0 N–H and O–H groups in total. The van der Waals surface area contributed by atoms with Crippen molar-refractivity contribution in [2.24, 2.45) is 0 Å². The number of ketones is 1. The quantitative estimate of drug-likeness (QED) is 0.813. The summed E-state index contributed by atoms with van der Waals surface area (Å²) in [6.45, 7) is 0. The van der Waals surface area contributed by atoms with Gasteiger partial charge in [0.2, 0.25) is 5.91 Å². The lowest BCUT2D eigenvalue weighted by molar-refractivity contribution is -0.119. The molecule has 28 heavy (non-hydrogen) atoms. The van der Waals surface area contributed by atoms with E-state index in [1.165, 1.54) is 0 Å². The number of anilines is 1. The van der Waals surface area contributed by atoms with Crippen LogP contribution in [0.4, 0.5) is 5.69 Å². The Morgan fingerprint density at radius 2 is 1.93 bits per heavy atom. The Bertz CT molecular complexity index is 952. The van der Waals surface area contributed by atoms with Gasteiger partial charge in [0.15, 0.2) is 17.3 Å². The van der Waals surface area contributed by atoms with Crippen LogP contribution in [0.2, 0.25) is 0 Å². The van der Waals surface area contributed by atoms with Crippen LogP contribution in [0.25, 0.3) is 0 Å². The lowest BCUT2D eigenvalue weighted by Gasteiger charge is -2.38. The van der Waals surface area contributed by atoms with E-state index < -0.39 is 0 Å². The van der Waals surface area contributed by atoms with Crippen molar-refractivity contribution in [3.8, 4) is 11.5 Å². The second kappa shape index (κ2) is 7.46. The van der Waals surface area contributed by atoms with Crippen LogP contribution in [-0.2, 0) is 9.59 Å². The molecule has 1 aromatic heterocycles. The lowest BCUT2D eigenvalue weighted by Crippen LogP contribution is -2.40. The molecule has 0 bridgehead atoms. The number of ether oxygens (including phenoxy) is 2. The van der Waals surface area contributed by atoms with Crippen LogP contribution in [0, 0.1) is 0 Å². The van der Waals surface area contributed by atoms with Gasteiger partial charge in [-0.15, -0.1) is 0 Å². The summed E-state index contributed by atoms with van der Waals surface area (Å²) in [7, 11) is 3.15. The Kier molecular flexibility index (Phi) is 4.86. The second-order valence-corrected chi connectivity index (χ2v) is 6.92. The minimum atomic E-state index is -0.340. The third-order valence-corrected chi connectivity index (χ3v) is 5.39. The maximum absolute atomic E-state index is 13.2. The van der Waals surface area contributed by atoms with Crippen LogP contribution in [0.15, 0.2) is 54.0 Å². The van der Waals surface area contributed by atoms with Gasteiger partial charge in [0.25, 0.3) is 0 Å². The first-order valence-corrected chi connectivity index (χ1v) is 9.35. The number of benzene rings is 1. The molecule has 6 nitrogen and oxygen atoms in total. The van der Waals surface area contributed by atoms with E-state index in [1.807, 2.05) is 24.3 Å². The Morgan fingerprint density at radius 3 is 2.64 bits per heavy atom. The molecule has 1 atom stereocenters. The van der Waals surface area contributed by atoms with Crippen LogP contribution < -0.4 is 14.4 Å². The number of Topliss-reactive ketones (excluding diaryl/α,β-unsaturated/α-hetero) is 1. The maximum Gasteiger partial charge on any atom is 0.232 e. The zero-order valence-corrected chi connectivity index (χ0v) is 16.0. The molecule has 0 radical (unpaired) electrons. The van der Waals surface area contributed by atoms with Crippen LogP contribution >= 0.6 is 0 Å². The van der Waals surface area contributed by atoms with E-state index in [0.29, 0.717) is 35.6 Å². The molecule has 0 saturated heterocycles. The Morgan fingerprint density at radius 1 is 1.07 bits per heavy atom. The first kappa shape index (κ1) is 18.2. The van der Waals surface area contributed by atoms with E-state index in [0.717, 1.165) is 17.7 Å². The van der Waals surface area contributed by atoms with E-state index in [2.05, 4.69) is 4.98 Å². The summed E-state index contributed by atoms with van der Waals surface area (Å²) in [6.07, 6.45) is 5.45. The highest BCUT2D eigenvalue weighted by Crippen LogP contribution is 2.47. The SMILES string of the molecule is COc1cccc(C2CC(=O)N(c3cccnc3)C3=C2C(=O)CCC3)c1OC. The molecule has 6 heteroatoms. The fraction of sp³-hybridized carbons (Fsp3) is 0.318. The van der Waals surface area contributed by atoms with Crippen LogP contribution in [0.5, 0.6) is 11.5 Å². The minimum Gasteiger partial charge on any atom is -0.493 e. The van der Waals surface area contributed by atoms with Crippen molar-refractivity contribution in [2.75, 3.05) is 19.1 Å². The Balaban J connectivity index is 1.89. The van der Waals surface area contributed by atoms with Crippen LogP contribution in [0.1, 0.15) is 37.2 Å². The number of hydrogen-bond acceptors (Lipinski definition) is 5. The first-order valence-electron chi connectivity index (χ1n) is 9.35. The average Bonchev–Trinajstić information content (AvgIpc) is 2.73. The standard InChI is InChI=1S/C22H22N2O4/c1-27-19-10-3-7-15(22(19)28-2)16-12-20(26)24(14-6-5-11-23-13-14)17-8-4-9-18(25)21(16)17/h3,5-7,10-11,13,16H,4,8-9,12H2,1-2H3. The van der Waals surface area contributed by atoms with Crippen molar-refractivity contribution in [1.82, 2.24) is 4.98 Å². The molecular formula is C22H22N2O4. The van der Waals surface area contributed by atoms with Gasteiger partial charge in [0.1, 0.15) is 0 Å². The molecule has 144 valence electrons. The molecule has 1 aliphatic carbocycles. The normalized spacial score (nSPS) is 19.5. The molecule has 2 aromatic rings. The van der Waals surface area contributed by atoms with Crippen molar-refractivity contribution in [3.63, 3.8) is 0 Å². The molecule has 2 heterocycles. The molecule has 0 fully saturated rings. The van der Waals surface area contributed by atoms with Gasteiger partial charge in [-0.3, -0.25) is 19.5 Å². The summed E-state index contributed by atoms with van der Waals surface area (Å²) in [6, 6.07) is 9.23. The summed E-state index contributed by atoms with van der Waals surface area (Å²) < 4.78 is 11.0. The van der Waals surface area contributed by atoms with Crippen molar-refractivity contribution >= 4 is 17.4 Å². The second-order valence-electron chi connectivity index (χ2n) is 6.92. The number of amides is 1. The molecule has 0 saturated carbocycles. The van der Waals surface area contributed by atoms with Gasteiger partial charge in [-0.1, -0.05) is 12.1 Å². The summed E-state index contributed by atoms with van der Waals surface area (Å²) in [5.41, 5.74) is 3.01. The fourth-order valence-corrected chi connectivity index (χ4v) is 4.23. The molecule has 4 rings (SSSR count). The molecule has 1 unspecified atom stereocenters. The van der Waals surface area contributed by atoms with E-state index in [4.69, 9.17) is 9.47 Å². The van der Waals surface area contributed by atoms with Gasteiger partial charge < -0.3 is 9.47 Å². The number of carbonyl (C=O) groups excluding carboxylic acids is 2. The van der Waals surface area contributed by atoms with Crippen molar-refractivity contribution < 1.29 is 19.1 Å². The first-order chi connectivity index (χ1) is 13.7. The van der Waals surface area contributed by atoms with Gasteiger partial charge >= 0.3 is 0 Å². The molecule has 1 aliphatic heterocycles. The zero-order valence-electron chi connectivity index (χ0n) is 16.0. The number of rotatable bonds is 4. The number of allylic oxidation sites excluding steroid dienone is 2. The topological polar surface area (TPSA) is 68.7 Å². The van der Waals surface area contributed by atoms with E-state index in [-0.39, 0.29) is 24.0 Å². The van der Waals surface area contributed by atoms with Crippen molar-refractivity contribution in [2.45, 2.75) is 31.6 Å². The number of nitrogens with zero attached hydrogens (tertiary/aromatic N) is 2. The average molecular weight is 378 g/mol. The predicted molar refractivity (Wildman–Crippen MR) is 105 cm³/mol. The highest BCUT2D eigenvalue weighted by molar-refractivity contribution is 6.07. The van der Waals surface area contributed by atoms with Gasteiger partial charge in [-0.2, -0.15) is 0 Å². The highest BCUT2D eigenvalue weighted by atomic mass is 16.5. The minimum absolute atomic E-state index is 0.0451. The third kappa shape index (κ3) is 2.95. The van der Waals surface area contributed by atoms with Crippen LogP contribution in [0.3, 0.4) is 0 Å². The Labute approximate surface area is 163 Å². The zero-order chi connectivity index (χ0) is 19.7. The number of hydrogen-bond donors (Lipinski definition) is 0. The molecule has 1 aromatic carbocycles. The van der Waals surface area contributed by atoms with Crippen molar-refractivity contribution in [1.29, 1.82) is 0 Å². The number of pyridine rings is 1. The van der Waals surface area contributed by atoms with Gasteiger partial charge in [-0.05, 0) is 31.0 Å². The van der Waals surface area contributed by atoms with Crippen LogP contribution in [-0.4, -0.2) is 30.9 Å². The van der Waals surface area contributed by atoms with Crippen molar-refractivity contribution in [3.05, 3.63) is 59.6 Å². The summed E-state index contributed by atoms with van der Waals surface area (Å²) in [5.74, 6) is 0.873. The highest BCUT2D eigenvalue weighted by Gasteiger charge is 2.41. The third-order valence-electron chi connectivity index (χ3n) is 5.39. The van der Waals surface area contributed by atoms with E-state index in [1.54, 1.807) is 37.6 Å². The Hall–Kier alpha value is -3.15. The van der Waals surface area contributed by atoms with Gasteiger partial charge in [0.05, 0.1) is 26.1 Å². The molecule has 2 aliphatic rings. The number of carbonyl (C=O) groups is 2. The number of aromatic nitrogens is 1. The number of methoxy groups -OCH3 is 2. The summed E-state index contributed by atoms with van der Waals surface area (Å²) in [5, 5.41) is 0. The van der Waals surface area contributed by atoms with E-state index >= 15 is 0 Å². The molecular weight excluding hydrogens is 356 g/mol. The smallest absolute Gasteiger partial charge is 0.232 e. The maximum atomic E-state index is 13.2. The predicted octanol–water partition coefficient (Wildman–Crippen LogP) is 3.63. The summed E-state index contributed by atoms with van der Waals surface area (Å²) in [4.78, 5) is 32.0. The monoisotopic (exact) mass is 378 g/mol. The summed E-state index contributed by atoms with van der Waals surface area (Å²) >= 11 is 0.